The van der Waals surface area contributed by atoms with Crippen LogP contribution in [-0.4, -0.2) is 29.5 Å². The Morgan fingerprint density at radius 3 is 2.95 bits per heavy atom. The molecule has 1 amide bonds. The first-order valence-electron chi connectivity index (χ1n) is 6.35. The Balaban J connectivity index is 2.17. The number of ether oxygens (including phenoxy) is 1. The number of rotatable bonds is 6. The zero-order valence-electron chi connectivity index (χ0n) is 11.7. The highest BCUT2D eigenvalue weighted by molar-refractivity contribution is 5.93. The number of carbonyl (C=O) groups excluding carboxylic acids is 1. The monoisotopic (exact) mass is 284 g/mol. The van der Waals surface area contributed by atoms with Crippen molar-refractivity contribution in [3.63, 3.8) is 0 Å². The topological polar surface area (TPSA) is 76.1 Å². The summed E-state index contributed by atoms with van der Waals surface area (Å²) in [5.41, 5.74) is 1.04. The van der Waals surface area contributed by atoms with Crippen LogP contribution < -0.4 is 15.4 Å². The molecule has 0 radical (unpaired) electrons. The summed E-state index contributed by atoms with van der Waals surface area (Å²) in [6, 6.07) is 9.02. The number of hydrogen-bond acceptors (Lipinski definition) is 5. The van der Waals surface area contributed by atoms with Crippen LogP contribution in [0.2, 0.25) is 0 Å². The smallest absolute Gasteiger partial charge is 0.270 e. The van der Waals surface area contributed by atoms with Crippen molar-refractivity contribution in [3.8, 4) is 5.75 Å². The van der Waals surface area contributed by atoms with Crippen molar-refractivity contribution in [1.82, 2.24) is 15.3 Å². The van der Waals surface area contributed by atoms with Gasteiger partial charge in [-0.25, -0.2) is 9.97 Å². The average molecular weight is 284 g/mol. The summed E-state index contributed by atoms with van der Waals surface area (Å²) in [6.07, 6.45) is 2.94. The fourth-order valence-corrected chi connectivity index (χ4v) is 1.69. The number of nitrogens with zero attached hydrogens (tertiary/aromatic N) is 2. The second kappa shape index (κ2) is 7.04. The number of aromatic nitrogens is 2. The van der Waals surface area contributed by atoms with E-state index in [0.717, 1.165) is 5.69 Å². The van der Waals surface area contributed by atoms with Gasteiger partial charge in [-0.05, 0) is 12.1 Å². The molecule has 1 aromatic heterocycles. The molecule has 108 valence electrons. The SMILES string of the molecule is C=CCNC(=O)c1cc(Nc2ccccc2OC)ncn1. The zero-order valence-corrected chi connectivity index (χ0v) is 11.7. The van der Waals surface area contributed by atoms with Crippen LogP contribution in [0.5, 0.6) is 5.75 Å². The van der Waals surface area contributed by atoms with Gasteiger partial charge >= 0.3 is 0 Å². The maximum Gasteiger partial charge on any atom is 0.270 e. The molecule has 0 saturated heterocycles. The van der Waals surface area contributed by atoms with Gasteiger partial charge in [-0.2, -0.15) is 0 Å². The van der Waals surface area contributed by atoms with Gasteiger partial charge in [0.1, 0.15) is 23.6 Å². The Hall–Kier alpha value is -2.89. The first-order valence-corrected chi connectivity index (χ1v) is 6.35. The molecule has 2 aromatic rings. The van der Waals surface area contributed by atoms with Gasteiger partial charge in [-0.1, -0.05) is 18.2 Å². The number of carbonyl (C=O) groups is 1. The van der Waals surface area contributed by atoms with Crippen molar-refractivity contribution in [1.29, 1.82) is 0 Å². The molecule has 6 nitrogen and oxygen atoms in total. The Morgan fingerprint density at radius 2 is 2.19 bits per heavy atom. The average Bonchev–Trinajstić information content (AvgIpc) is 2.53. The molecule has 0 aliphatic heterocycles. The molecular formula is C15H16N4O2. The van der Waals surface area contributed by atoms with Gasteiger partial charge < -0.3 is 15.4 Å². The van der Waals surface area contributed by atoms with Gasteiger partial charge in [0.15, 0.2) is 0 Å². The van der Waals surface area contributed by atoms with Gasteiger partial charge in [-0.3, -0.25) is 4.79 Å². The summed E-state index contributed by atoms with van der Waals surface area (Å²) in [5.74, 6) is 0.924. The molecule has 0 atom stereocenters. The number of amides is 1. The number of nitrogens with one attached hydrogen (secondary N) is 2. The standard InChI is InChI=1S/C15H16N4O2/c1-3-8-16-15(20)12-9-14(18-10-17-12)19-11-6-4-5-7-13(11)21-2/h3-7,9-10H,1,8H2,2H3,(H,16,20)(H,17,18,19). The van der Waals surface area contributed by atoms with Crippen LogP contribution in [-0.2, 0) is 0 Å². The minimum absolute atomic E-state index is 0.277. The normalized spacial score (nSPS) is 9.76. The van der Waals surface area contributed by atoms with Crippen molar-refractivity contribution in [2.75, 3.05) is 19.0 Å². The Kier molecular flexibility index (Phi) is 4.87. The van der Waals surface area contributed by atoms with Crippen LogP contribution in [0.4, 0.5) is 11.5 Å². The molecule has 0 aliphatic rings. The van der Waals surface area contributed by atoms with E-state index < -0.39 is 0 Å². The van der Waals surface area contributed by atoms with E-state index in [-0.39, 0.29) is 11.6 Å². The lowest BCUT2D eigenvalue weighted by Gasteiger charge is -2.10. The number of anilines is 2. The molecule has 2 rings (SSSR count). The van der Waals surface area contributed by atoms with Gasteiger partial charge in [-0.15, -0.1) is 6.58 Å². The molecule has 0 aliphatic carbocycles. The fraction of sp³-hybridized carbons (Fsp3) is 0.133. The first-order chi connectivity index (χ1) is 10.2. The first kappa shape index (κ1) is 14.5. The Bertz CT molecular complexity index is 643. The van der Waals surface area contributed by atoms with Crippen molar-refractivity contribution in [2.24, 2.45) is 0 Å². The molecule has 6 heteroatoms. The van der Waals surface area contributed by atoms with Gasteiger partial charge in [0.05, 0.1) is 12.8 Å². The number of methoxy groups -OCH3 is 1. The molecule has 0 bridgehead atoms. The van der Waals surface area contributed by atoms with Crippen LogP contribution in [0.3, 0.4) is 0 Å². The van der Waals surface area contributed by atoms with Crippen LogP contribution >= 0.6 is 0 Å². The van der Waals surface area contributed by atoms with E-state index in [1.165, 1.54) is 6.33 Å². The molecular weight excluding hydrogens is 268 g/mol. The second-order valence-corrected chi connectivity index (χ2v) is 4.11. The summed E-state index contributed by atoms with van der Waals surface area (Å²) in [6.45, 7) is 3.93. The largest absolute Gasteiger partial charge is 0.495 e. The Labute approximate surface area is 122 Å². The van der Waals surface area contributed by atoms with Crippen LogP contribution in [0.15, 0.2) is 49.3 Å². The van der Waals surface area contributed by atoms with E-state index in [1.54, 1.807) is 19.3 Å². The molecule has 2 N–H and O–H groups in total. The lowest BCUT2D eigenvalue weighted by atomic mass is 10.3. The van der Waals surface area contributed by atoms with Crippen molar-refractivity contribution in [2.45, 2.75) is 0 Å². The van der Waals surface area contributed by atoms with Crippen LogP contribution in [0, 0.1) is 0 Å². The number of para-hydroxylation sites is 2. The Morgan fingerprint density at radius 1 is 1.38 bits per heavy atom. The highest BCUT2D eigenvalue weighted by atomic mass is 16.5. The van der Waals surface area contributed by atoms with E-state index in [9.17, 15) is 4.79 Å². The lowest BCUT2D eigenvalue weighted by Crippen LogP contribution is -2.24. The van der Waals surface area contributed by atoms with E-state index in [1.807, 2.05) is 24.3 Å². The molecule has 21 heavy (non-hydrogen) atoms. The maximum atomic E-state index is 11.8. The molecule has 1 heterocycles. The summed E-state index contributed by atoms with van der Waals surface area (Å²) < 4.78 is 5.25. The molecule has 0 spiro atoms. The van der Waals surface area contributed by atoms with E-state index in [4.69, 9.17) is 4.74 Å². The third-order valence-electron chi connectivity index (χ3n) is 2.68. The third-order valence-corrected chi connectivity index (χ3v) is 2.68. The van der Waals surface area contributed by atoms with Gasteiger partial charge in [0.2, 0.25) is 0 Å². The van der Waals surface area contributed by atoms with Gasteiger partial charge in [0.25, 0.3) is 5.91 Å². The van der Waals surface area contributed by atoms with E-state index >= 15 is 0 Å². The number of benzene rings is 1. The van der Waals surface area contributed by atoms with Gasteiger partial charge in [0, 0.05) is 12.6 Å². The van der Waals surface area contributed by atoms with Crippen molar-refractivity contribution in [3.05, 3.63) is 55.0 Å². The predicted octanol–water partition coefficient (Wildman–Crippen LogP) is 2.14. The number of hydrogen-bond donors (Lipinski definition) is 2. The van der Waals surface area contributed by atoms with E-state index in [2.05, 4.69) is 27.2 Å². The predicted molar refractivity (Wildman–Crippen MR) is 80.8 cm³/mol. The molecule has 0 unspecified atom stereocenters. The highest BCUT2D eigenvalue weighted by Gasteiger charge is 2.09. The minimum Gasteiger partial charge on any atom is -0.495 e. The molecule has 0 fully saturated rings. The van der Waals surface area contributed by atoms with Crippen molar-refractivity contribution >= 4 is 17.4 Å². The quantitative estimate of drug-likeness (QED) is 0.795. The minimum atomic E-state index is -0.277. The third kappa shape index (κ3) is 3.79. The molecule has 0 saturated carbocycles. The second-order valence-electron chi connectivity index (χ2n) is 4.11. The fourth-order valence-electron chi connectivity index (χ4n) is 1.69. The summed E-state index contributed by atoms with van der Waals surface area (Å²) >= 11 is 0. The summed E-state index contributed by atoms with van der Waals surface area (Å²) in [5, 5.41) is 5.76. The summed E-state index contributed by atoms with van der Waals surface area (Å²) in [4.78, 5) is 19.9. The highest BCUT2D eigenvalue weighted by Crippen LogP contribution is 2.25. The van der Waals surface area contributed by atoms with E-state index in [0.29, 0.717) is 18.1 Å². The van der Waals surface area contributed by atoms with Crippen LogP contribution in [0.25, 0.3) is 0 Å². The zero-order chi connectivity index (χ0) is 15.1. The lowest BCUT2D eigenvalue weighted by molar-refractivity contribution is 0.0953. The summed E-state index contributed by atoms with van der Waals surface area (Å²) in [7, 11) is 1.59. The van der Waals surface area contributed by atoms with Crippen LogP contribution in [0.1, 0.15) is 10.5 Å². The molecule has 1 aromatic carbocycles. The maximum absolute atomic E-state index is 11.8. The van der Waals surface area contributed by atoms with Crippen molar-refractivity contribution < 1.29 is 9.53 Å².